The molecule has 0 saturated heterocycles. The number of aromatic nitrogens is 3. The van der Waals surface area contributed by atoms with Crippen molar-refractivity contribution in [1.29, 1.82) is 0 Å². The third-order valence-electron chi connectivity index (χ3n) is 3.70. The van der Waals surface area contributed by atoms with Gasteiger partial charge >= 0.3 is 0 Å². The monoisotopic (exact) mass is 363 g/mol. The Morgan fingerprint density at radius 1 is 1.29 bits per heavy atom. The Labute approximate surface area is 148 Å². The molecule has 24 heavy (non-hydrogen) atoms. The van der Waals surface area contributed by atoms with E-state index >= 15 is 0 Å². The summed E-state index contributed by atoms with van der Waals surface area (Å²) in [6, 6.07) is 12.1. The number of rotatable bonds is 5. The predicted molar refractivity (Wildman–Crippen MR) is 93.8 cm³/mol. The lowest BCUT2D eigenvalue weighted by Crippen LogP contribution is -2.08. The zero-order valence-corrected chi connectivity index (χ0v) is 14.4. The highest BCUT2D eigenvalue weighted by Crippen LogP contribution is 2.32. The van der Waals surface area contributed by atoms with Gasteiger partial charge in [0.2, 0.25) is 4.77 Å². The van der Waals surface area contributed by atoms with Crippen molar-refractivity contribution in [3.05, 3.63) is 70.0 Å². The first-order valence-electron chi connectivity index (χ1n) is 7.32. The molecular weight excluding hydrogens is 349 g/mol. The number of benzene rings is 2. The molecule has 1 aromatic heterocycles. The molecule has 0 aliphatic rings. The van der Waals surface area contributed by atoms with E-state index in [9.17, 15) is 4.39 Å². The summed E-state index contributed by atoms with van der Waals surface area (Å²) < 4.78 is 22.0. The van der Waals surface area contributed by atoms with Crippen molar-refractivity contribution in [3.63, 3.8) is 0 Å². The predicted octanol–water partition coefficient (Wildman–Crippen LogP) is 5.14. The van der Waals surface area contributed by atoms with E-state index in [0.29, 0.717) is 20.9 Å². The summed E-state index contributed by atoms with van der Waals surface area (Å²) in [6.45, 7) is 2.13. The van der Waals surface area contributed by atoms with Crippen molar-refractivity contribution >= 4 is 23.8 Å². The second-order valence-electron chi connectivity index (χ2n) is 5.26. The minimum absolute atomic E-state index is 0.235. The molecule has 1 heterocycles. The molecule has 0 bridgehead atoms. The standard InChI is InChI=1S/C17H15ClFN3OS/c1-11(23-10-22-17(24)20-9-21-22)12-6-7-16(19)14(8-12)13-4-2-3-5-15(13)18/h2-9,11H,10H2,1H3,(H,20,21,24). The van der Waals surface area contributed by atoms with Crippen LogP contribution in [0.15, 0.2) is 48.8 Å². The van der Waals surface area contributed by atoms with Crippen LogP contribution in [0, 0.1) is 10.6 Å². The van der Waals surface area contributed by atoms with Crippen LogP contribution < -0.4 is 0 Å². The summed E-state index contributed by atoms with van der Waals surface area (Å²) >= 11 is 11.2. The first-order chi connectivity index (χ1) is 11.6. The fourth-order valence-electron chi connectivity index (χ4n) is 2.34. The Morgan fingerprint density at radius 3 is 2.79 bits per heavy atom. The normalized spacial score (nSPS) is 12.3. The average molecular weight is 364 g/mol. The van der Waals surface area contributed by atoms with E-state index in [1.165, 1.54) is 12.4 Å². The van der Waals surface area contributed by atoms with Gasteiger partial charge in [0.05, 0.1) is 6.10 Å². The lowest BCUT2D eigenvalue weighted by Gasteiger charge is -2.15. The lowest BCUT2D eigenvalue weighted by molar-refractivity contribution is 0.00945. The van der Waals surface area contributed by atoms with Gasteiger partial charge in [0.1, 0.15) is 18.9 Å². The number of halogens is 2. The van der Waals surface area contributed by atoms with Crippen LogP contribution in [0.1, 0.15) is 18.6 Å². The quantitative estimate of drug-likeness (QED) is 0.638. The fraction of sp³-hybridized carbons (Fsp3) is 0.176. The smallest absolute Gasteiger partial charge is 0.218 e. The van der Waals surface area contributed by atoms with E-state index in [0.717, 1.165) is 5.56 Å². The first-order valence-corrected chi connectivity index (χ1v) is 8.11. The highest BCUT2D eigenvalue weighted by Gasteiger charge is 2.13. The molecule has 0 fully saturated rings. The molecule has 0 amide bonds. The van der Waals surface area contributed by atoms with Gasteiger partial charge in [-0.2, -0.15) is 0 Å². The number of hydrogen-bond donors (Lipinski definition) is 1. The van der Waals surface area contributed by atoms with Gasteiger partial charge in [-0.1, -0.05) is 35.9 Å². The van der Waals surface area contributed by atoms with Gasteiger partial charge in [0, 0.05) is 16.1 Å². The number of ether oxygens (including phenoxy) is 1. The molecular formula is C17H15ClFN3OS. The summed E-state index contributed by atoms with van der Waals surface area (Å²) in [4.78, 5) is 3.92. The van der Waals surface area contributed by atoms with Gasteiger partial charge in [-0.15, -0.1) is 0 Å². The van der Waals surface area contributed by atoms with Gasteiger partial charge in [0.15, 0.2) is 0 Å². The van der Waals surface area contributed by atoms with Gasteiger partial charge in [-0.3, -0.25) is 5.10 Å². The van der Waals surface area contributed by atoms with Crippen LogP contribution in [0.4, 0.5) is 4.39 Å². The molecule has 3 rings (SSSR count). The molecule has 0 spiro atoms. The van der Waals surface area contributed by atoms with E-state index in [1.807, 2.05) is 19.1 Å². The zero-order valence-electron chi connectivity index (χ0n) is 12.9. The molecule has 3 aromatic rings. The topological polar surface area (TPSA) is 42.8 Å². The molecule has 4 nitrogen and oxygen atoms in total. The Bertz CT molecular complexity index is 909. The van der Waals surface area contributed by atoms with Crippen LogP contribution >= 0.6 is 23.8 Å². The fourth-order valence-corrected chi connectivity index (χ4v) is 2.73. The Morgan fingerprint density at radius 2 is 2.08 bits per heavy atom. The van der Waals surface area contributed by atoms with Gasteiger partial charge in [-0.25, -0.2) is 14.1 Å². The number of nitrogens with zero attached hydrogens (tertiary/aromatic N) is 2. The molecule has 7 heteroatoms. The van der Waals surface area contributed by atoms with E-state index in [4.69, 9.17) is 28.6 Å². The maximum Gasteiger partial charge on any atom is 0.218 e. The second-order valence-corrected chi connectivity index (χ2v) is 6.03. The van der Waals surface area contributed by atoms with Crippen LogP contribution in [0.5, 0.6) is 0 Å². The van der Waals surface area contributed by atoms with Gasteiger partial charge < -0.3 is 4.74 Å². The van der Waals surface area contributed by atoms with E-state index < -0.39 is 0 Å². The van der Waals surface area contributed by atoms with Crippen molar-refractivity contribution in [3.8, 4) is 11.1 Å². The second kappa shape index (κ2) is 7.25. The molecule has 2 aromatic carbocycles. The summed E-state index contributed by atoms with van der Waals surface area (Å²) in [7, 11) is 0. The summed E-state index contributed by atoms with van der Waals surface area (Å²) in [5.41, 5.74) is 1.95. The van der Waals surface area contributed by atoms with Crippen LogP contribution in [-0.4, -0.2) is 14.8 Å². The Kier molecular flexibility index (Phi) is 5.08. The molecule has 0 aliphatic carbocycles. The van der Waals surface area contributed by atoms with Gasteiger partial charge in [-0.05, 0) is 42.9 Å². The van der Waals surface area contributed by atoms with Crippen LogP contribution in [0.25, 0.3) is 11.1 Å². The largest absolute Gasteiger partial charge is 0.352 e. The van der Waals surface area contributed by atoms with Crippen LogP contribution in [0.3, 0.4) is 0 Å². The minimum Gasteiger partial charge on any atom is -0.352 e. The van der Waals surface area contributed by atoms with Crippen LogP contribution in [-0.2, 0) is 11.5 Å². The molecule has 0 aliphatic heterocycles. The number of H-pyrrole nitrogens is 1. The number of nitrogens with one attached hydrogen (secondary N) is 1. The highest BCUT2D eigenvalue weighted by molar-refractivity contribution is 7.71. The van der Waals surface area contributed by atoms with Gasteiger partial charge in [0.25, 0.3) is 0 Å². The van der Waals surface area contributed by atoms with Crippen molar-refractivity contribution in [2.75, 3.05) is 0 Å². The Hall–Kier alpha value is -2.02. The number of hydrogen-bond acceptors (Lipinski definition) is 3. The van der Waals surface area contributed by atoms with E-state index in [-0.39, 0.29) is 18.7 Å². The average Bonchev–Trinajstić information content (AvgIpc) is 2.99. The molecule has 124 valence electrons. The molecule has 0 saturated carbocycles. The third kappa shape index (κ3) is 3.56. The summed E-state index contributed by atoms with van der Waals surface area (Å²) in [5.74, 6) is -0.324. The van der Waals surface area contributed by atoms with Crippen LogP contribution in [0.2, 0.25) is 5.02 Å². The van der Waals surface area contributed by atoms with Crippen molar-refractivity contribution in [1.82, 2.24) is 14.8 Å². The van der Waals surface area contributed by atoms with Crippen molar-refractivity contribution < 1.29 is 9.13 Å². The number of aromatic amines is 1. The molecule has 1 atom stereocenters. The third-order valence-corrected chi connectivity index (χ3v) is 4.35. The molecule has 1 unspecified atom stereocenters. The lowest BCUT2D eigenvalue weighted by atomic mass is 10.0. The molecule has 1 N–H and O–H groups in total. The minimum atomic E-state index is -0.324. The van der Waals surface area contributed by atoms with E-state index in [2.05, 4.69) is 10.1 Å². The maximum atomic E-state index is 14.2. The summed E-state index contributed by atoms with van der Waals surface area (Å²) in [5, 5.41) is 3.37. The Balaban J connectivity index is 1.84. The first kappa shape index (κ1) is 16.8. The zero-order chi connectivity index (χ0) is 17.1. The SMILES string of the molecule is CC(OCn1[nH]cnc1=S)c1ccc(F)c(-c2ccccc2Cl)c1. The highest BCUT2D eigenvalue weighted by atomic mass is 35.5. The molecule has 0 radical (unpaired) electrons. The van der Waals surface area contributed by atoms with E-state index in [1.54, 1.807) is 28.9 Å². The maximum absolute atomic E-state index is 14.2. The van der Waals surface area contributed by atoms with Crippen molar-refractivity contribution in [2.45, 2.75) is 19.8 Å². The summed E-state index contributed by atoms with van der Waals surface area (Å²) in [6.07, 6.45) is 1.25. The van der Waals surface area contributed by atoms with Crippen molar-refractivity contribution in [2.24, 2.45) is 0 Å².